The summed E-state index contributed by atoms with van der Waals surface area (Å²) >= 11 is 14.4. The number of rotatable bonds is 3. The number of hydrogen-bond donors (Lipinski definition) is 2. The molecule has 2 aromatic rings. The van der Waals surface area contributed by atoms with Crippen LogP contribution in [0.25, 0.3) is 0 Å². The maximum absolute atomic E-state index is 13.1. The first kappa shape index (κ1) is 16.1. The summed E-state index contributed by atoms with van der Waals surface area (Å²) in [5.74, 6) is -1.75. The molecule has 21 heavy (non-hydrogen) atoms. The Morgan fingerprint density at radius 3 is 2.57 bits per heavy atom. The molecular weight excluding hydrogens is 382 g/mol. The molecule has 0 spiro atoms. The third kappa shape index (κ3) is 4.62. The van der Waals surface area contributed by atoms with Gasteiger partial charge in [-0.2, -0.15) is 0 Å². The van der Waals surface area contributed by atoms with Crippen LogP contribution >= 0.6 is 39.7 Å². The van der Waals surface area contributed by atoms with E-state index in [0.717, 1.165) is 22.3 Å². The van der Waals surface area contributed by atoms with Crippen molar-refractivity contribution in [1.29, 1.82) is 0 Å². The first-order valence-electron chi connectivity index (χ1n) is 5.89. The molecule has 0 saturated heterocycles. The number of halogens is 4. The summed E-state index contributed by atoms with van der Waals surface area (Å²) < 4.78 is 26.7. The fraction of sp³-hybridized carbons (Fsp3) is 0.0714. The smallest absolute Gasteiger partial charge is 0.171 e. The van der Waals surface area contributed by atoms with Crippen LogP contribution in [0.3, 0.4) is 0 Å². The van der Waals surface area contributed by atoms with Crippen LogP contribution in [0.2, 0.25) is 5.02 Å². The highest BCUT2D eigenvalue weighted by atomic mass is 79.9. The van der Waals surface area contributed by atoms with E-state index in [-0.39, 0.29) is 6.54 Å². The number of anilines is 1. The molecule has 0 fully saturated rings. The summed E-state index contributed by atoms with van der Waals surface area (Å²) in [6.45, 7) is 0.285. The summed E-state index contributed by atoms with van der Waals surface area (Å²) in [4.78, 5) is 0. The van der Waals surface area contributed by atoms with E-state index in [1.807, 2.05) is 6.07 Å². The van der Waals surface area contributed by atoms with Crippen molar-refractivity contribution >= 4 is 50.5 Å². The summed E-state index contributed by atoms with van der Waals surface area (Å²) in [6.07, 6.45) is 0. The molecule has 0 saturated carbocycles. The third-order valence-corrected chi connectivity index (χ3v) is 4.09. The van der Waals surface area contributed by atoms with E-state index in [2.05, 4.69) is 26.6 Å². The summed E-state index contributed by atoms with van der Waals surface area (Å²) in [5, 5.41) is 6.78. The molecule has 2 aromatic carbocycles. The van der Waals surface area contributed by atoms with Crippen LogP contribution in [-0.2, 0) is 6.54 Å². The Kier molecular flexibility index (Phi) is 5.50. The highest BCUT2D eigenvalue weighted by Crippen LogP contribution is 2.25. The van der Waals surface area contributed by atoms with Gasteiger partial charge in [-0.25, -0.2) is 8.78 Å². The van der Waals surface area contributed by atoms with Gasteiger partial charge < -0.3 is 10.6 Å². The lowest BCUT2D eigenvalue weighted by molar-refractivity contribution is 0.507. The number of thiocarbonyl (C=S) groups is 1. The minimum atomic E-state index is -0.882. The maximum Gasteiger partial charge on any atom is 0.171 e. The Hall–Kier alpha value is -1.24. The zero-order chi connectivity index (χ0) is 15.4. The zero-order valence-corrected chi connectivity index (χ0v) is 13.7. The predicted molar refractivity (Wildman–Crippen MR) is 88.6 cm³/mol. The van der Waals surface area contributed by atoms with Crippen molar-refractivity contribution in [2.45, 2.75) is 6.54 Å². The van der Waals surface area contributed by atoms with Gasteiger partial charge >= 0.3 is 0 Å². The summed E-state index contributed by atoms with van der Waals surface area (Å²) in [5.41, 5.74) is 1.32. The lowest BCUT2D eigenvalue weighted by Crippen LogP contribution is -2.27. The fourth-order valence-electron chi connectivity index (χ4n) is 1.58. The standard InChI is InChI=1S/C14H10BrClF2N2S/c15-10-3-2-9(6-11(10)16)20-14(21)19-7-8-1-4-12(17)13(18)5-8/h1-6H,7H2,(H2,19,20,21). The van der Waals surface area contributed by atoms with Gasteiger partial charge in [0.05, 0.1) is 5.02 Å². The third-order valence-electron chi connectivity index (χ3n) is 2.61. The molecule has 0 aliphatic rings. The van der Waals surface area contributed by atoms with E-state index >= 15 is 0 Å². The van der Waals surface area contributed by atoms with Crippen molar-refractivity contribution in [3.05, 3.63) is 63.1 Å². The molecule has 110 valence electrons. The maximum atomic E-state index is 13.1. The van der Waals surface area contributed by atoms with Crippen LogP contribution in [0.5, 0.6) is 0 Å². The van der Waals surface area contributed by atoms with Crippen LogP contribution in [0.15, 0.2) is 40.9 Å². The van der Waals surface area contributed by atoms with Crippen molar-refractivity contribution in [2.75, 3.05) is 5.32 Å². The topological polar surface area (TPSA) is 24.1 Å². The Balaban J connectivity index is 1.92. The lowest BCUT2D eigenvalue weighted by atomic mass is 10.2. The molecule has 0 aliphatic carbocycles. The highest BCUT2D eigenvalue weighted by molar-refractivity contribution is 9.10. The van der Waals surface area contributed by atoms with Gasteiger partial charge in [0.15, 0.2) is 16.7 Å². The van der Waals surface area contributed by atoms with E-state index in [1.165, 1.54) is 6.07 Å². The second-order valence-corrected chi connectivity index (χ2v) is 5.85. The van der Waals surface area contributed by atoms with E-state index in [4.69, 9.17) is 23.8 Å². The number of nitrogens with one attached hydrogen (secondary N) is 2. The lowest BCUT2D eigenvalue weighted by Gasteiger charge is -2.11. The molecule has 2 N–H and O–H groups in total. The van der Waals surface area contributed by atoms with Crippen LogP contribution in [0, 0.1) is 11.6 Å². The van der Waals surface area contributed by atoms with Gasteiger partial charge in [0.25, 0.3) is 0 Å². The molecule has 0 radical (unpaired) electrons. The highest BCUT2D eigenvalue weighted by Gasteiger charge is 2.04. The van der Waals surface area contributed by atoms with Gasteiger partial charge in [-0.15, -0.1) is 0 Å². The Morgan fingerprint density at radius 2 is 1.90 bits per heavy atom. The molecule has 7 heteroatoms. The minimum absolute atomic E-state index is 0.285. The molecule has 0 unspecified atom stereocenters. The quantitative estimate of drug-likeness (QED) is 0.730. The normalized spacial score (nSPS) is 10.3. The van der Waals surface area contributed by atoms with Crippen molar-refractivity contribution in [2.24, 2.45) is 0 Å². The largest absolute Gasteiger partial charge is 0.358 e. The van der Waals surface area contributed by atoms with Gasteiger partial charge in [0, 0.05) is 16.7 Å². The molecule has 2 rings (SSSR count). The Morgan fingerprint density at radius 1 is 1.14 bits per heavy atom. The molecule has 2 nitrogen and oxygen atoms in total. The van der Waals surface area contributed by atoms with Crippen molar-refractivity contribution in [1.82, 2.24) is 5.32 Å². The van der Waals surface area contributed by atoms with E-state index in [9.17, 15) is 8.78 Å². The minimum Gasteiger partial charge on any atom is -0.358 e. The second-order valence-electron chi connectivity index (χ2n) is 4.19. The van der Waals surface area contributed by atoms with Gasteiger partial charge in [0.2, 0.25) is 0 Å². The van der Waals surface area contributed by atoms with Crippen LogP contribution in [0.1, 0.15) is 5.56 Å². The van der Waals surface area contributed by atoms with Gasteiger partial charge in [-0.1, -0.05) is 17.7 Å². The average Bonchev–Trinajstić information content (AvgIpc) is 2.44. The van der Waals surface area contributed by atoms with Crippen molar-refractivity contribution < 1.29 is 8.78 Å². The van der Waals surface area contributed by atoms with E-state index in [1.54, 1.807) is 12.1 Å². The second kappa shape index (κ2) is 7.15. The van der Waals surface area contributed by atoms with Gasteiger partial charge in [-0.05, 0) is 64.0 Å². The first-order valence-corrected chi connectivity index (χ1v) is 7.47. The Labute approximate surface area is 139 Å². The summed E-state index contributed by atoms with van der Waals surface area (Å²) in [7, 11) is 0. The molecule has 0 amide bonds. The van der Waals surface area contributed by atoms with Gasteiger partial charge in [0.1, 0.15) is 0 Å². The number of hydrogen-bond acceptors (Lipinski definition) is 1. The number of benzene rings is 2. The Bertz CT molecular complexity index is 682. The predicted octanol–water partition coefficient (Wildman–Crippen LogP) is 4.87. The van der Waals surface area contributed by atoms with E-state index < -0.39 is 11.6 Å². The molecule has 0 atom stereocenters. The molecule has 0 aromatic heterocycles. The van der Waals surface area contributed by atoms with Crippen LogP contribution < -0.4 is 10.6 Å². The van der Waals surface area contributed by atoms with E-state index in [0.29, 0.717) is 15.7 Å². The zero-order valence-electron chi connectivity index (χ0n) is 10.6. The molecule has 0 aliphatic heterocycles. The van der Waals surface area contributed by atoms with Crippen molar-refractivity contribution in [3.8, 4) is 0 Å². The van der Waals surface area contributed by atoms with Crippen LogP contribution in [-0.4, -0.2) is 5.11 Å². The SMILES string of the molecule is Fc1ccc(CNC(=S)Nc2ccc(Br)c(Cl)c2)cc1F. The van der Waals surface area contributed by atoms with Crippen molar-refractivity contribution in [3.63, 3.8) is 0 Å². The fourth-order valence-corrected chi connectivity index (χ4v) is 2.20. The molecular formula is C14H10BrClF2N2S. The molecule has 0 bridgehead atoms. The first-order chi connectivity index (χ1) is 9.95. The van der Waals surface area contributed by atoms with Gasteiger partial charge in [-0.3, -0.25) is 0 Å². The average molecular weight is 392 g/mol. The van der Waals surface area contributed by atoms with Crippen LogP contribution in [0.4, 0.5) is 14.5 Å². The monoisotopic (exact) mass is 390 g/mol. The summed E-state index contributed by atoms with van der Waals surface area (Å²) in [6, 6.07) is 9.02. The molecule has 0 heterocycles.